The van der Waals surface area contributed by atoms with Crippen LogP contribution in [0.3, 0.4) is 0 Å². The van der Waals surface area contributed by atoms with Crippen molar-refractivity contribution in [2.75, 3.05) is 6.61 Å². The molecule has 0 fully saturated rings. The Labute approximate surface area is 157 Å². The zero-order valence-corrected chi connectivity index (χ0v) is 15.3. The highest BCUT2D eigenvalue weighted by molar-refractivity contribution is 8.14. The number of benzene rings is 2. The lowest BCUT2D eigenvalue weighted by Gasteiger charge is -2.07. The van der Waals surface area contributed by atoms with Crippen LogP contribution < -0.4 is 0 Å². The Morgan fingerprint density at radius 2 is 1.88 bits per heavy atom. The van der Waals surface area contributed by atoms with E-state index >= 15 is 0 Å². The van der Waals surface area contributed by atoms with Gasteiger partial charge >= 0.3 is 5.97 Å². The molecule has 0 N–H and O–H groups in total. The lowest BCUT2D eigenvalue weighted by Crippen LogP contribution is -2.01. The number of allylic oxidation sites excluding steroid dienone is 1. The van der Waals surface area contributed by atoms with Crippen LogP contribution in [0.5, 0.6) is 0 Å². The number of nitrogens with zero attached hydrogens (tertiary/aromatic N) is 1. The largest absolute Gasteiger partial charge is 0.463 e. The SMILES string of the molecule is CCOC(=O)/C=C/CCc1ccccc1C(=O)Sc1ccc(C#N)cc1. The molecule has 0 aliphatic carbocycles. The van der Waals surface area contributed by atoms with Crippen LogP contribution in [0.25, 0.3) is 0 Å². The van der Waals surface area contributed by atoms with Gasteiger partial charge in [0, 0.05) is 16.5 Å². The first-order chi connectivity index (χ1) is 12.6. The van der Waals surface area contributed by atoms with Gasteiger partial charge in [0.05, 0.1) is 18.2 Å². The summed E-state index contributed by atoms with van der Waals surface area (Å²) in [5.41, 5.74) is 2.16. The minimum Gasteiger partial charge on any atom is -0.463 e. The van der Waals surface area contributed by atoms with E-state index in [1.165, 1.54) is 6.08 Å². The van der Waals surface area contributed by atoms with Crippen molar-refractivity contribution in [3.05, 3.63) is 77.4 Å². The summed E-state index contributed by atoms with van der Waals surface area (Å²) >= 11 is 1.14. The third-order valence-electron chi connectivity index (χ3n) is 3.55. The highest BCUT2D eigenvalue weighted by Crippen LogP contribution is 2.25. The predicted octanol–water partition coefficient (Wildman–Crippen LogP) is 4.54. The second kappa shape index (κ2) is 10.2. The van der Waals surface area contributed by atoms with Gasteiger partial charge in [-0.3, -0.25) is 4.79 Å². The highest BCUT2D eigenvalue weighted by atomic mass is 32.2. The molecule has 0 aromatic heterocycles. The molecule has 2 aromatic carbocycles. The van der Waals surface area contributed by atoms with Crippen LogP contribution in [0, 0.1) is 11.3 Å². The fourth-order valence-corrected chi connectivity index (χ4v) is 3.10. The zero-order chi connectivity index (χ0) is 18.8. The minimum atomic E-state index is -0.353. The third kappa shape index (κ3) is 5.91. The molecule has 0 bridgehead atoms. The summed E-state index contributed by atoms with van der Waals surface area (Å²) in [6.45, 7) is 2.12. The van der Waals surface area contributed by atoms with Crippen LogP contribution >= 0.6 is 11.8 Å². The fraction of sp³-hybridized carbons (Fsp3) is 0.190. The number of hydrogen-bond donors (Lipinski definition) is 0. The first kappa shape index (κ1) is 19.5. The molecule has 0 unspecified atom stereocenters. The Kier molecular flexibility index (Phi) is 7.66. The minimum absolute atomic E-state index is 0.0420. The van der Waals surface area contributed by atoms with Crippen LogP contribution in [-0.2, 0) is 16.0 Å². The standard InChI is InChI=1S/C21H19NO3S/c1-2-25-20(23)10-6-4-8-17-7-3-5-9-19(17)21(24)26-18-13-11-16(15-22)12-14-18/h3,5-7,9-14H,2,4,8H2,1H3/b10-6+. The molecule has 0 saturated heterocycles. The van der Waals surface area contributed by atoms with E-state index in [2.05, 4.69) is 6.07 Å². The summed E-state index contributed by atoms with van der Waals surface area (Å²) in [7, 11) is 0. The topological polar surface area (TPSA) is 67.2 Å². The molecule has 132 valence electrons. The Morgan fingerprint density at radius 3 is 2.58 bits per heavy atom. The molecule has 0 heterocycles. The molecule has 0 saturated carbocycles. The van der Waals surface area contributed by atoms with Crippen molar-refractivity contribution in [1.29, 1.82) is 5.26 Å². The lowest BCUT2D eigenvalue weighted by atomic mass is 10.0. The fourth-order valence-electron chi connectivity index (χ4n) is 2.31. The summed E-state index contributed by atoms with van der Waals surface area (Å²) in [5.74, 6) is -0.353. The van der Waals surface area contributed by atoms with Crippen molar-refractivity contribution in [2.24, 2.45) is 0 Å². The smallest absolute Gasteiger partial charge is 0.330 e. The molecule has 2 rings (SSSR count). The maximum absolute atomic E-state index is 12.6. The Balaban J connectivity index is 2.01. The molecule has 4 nitrogen and oxygen atoms in total. The van der Waals surface area contributed by atoms with Gasteiger partial charge in [0.15, 0.2) is 0 Å². The van der Waals surface area contributed by atoms with Crippen LogP contribution in [0.4, 0.5) is 0 Å². The summed E-state index contributed by atoms with van der Waals surface area (Å²) < 4.78 is 4.84. The van der Waals surface area contributed by atoms with Crippen LogP contribution in [0.2, 0.25) is 0 Å². The summed E-state index contributed by atoms with van der Waals surface area (Å²) in [4.78, 5) is 24.7. The average molecular weight is 365 g/mol. The number of esters is 1. The summed E-state index contributed by atoms with van der Waals surface area (Å²) in [5, 5.41) is 8.79. The number of carbonyl (C=O) groups is 2. The van der Waals surface area contributed by atoms with Crippen LogP contribution in [0.1, 0.15) is 34.8 Å². The maximum atomic E-state index is 12.6. The van der Waals surface area contributed by atoms with E-state index in [9.17, 15) is 9.59 Å². The number of carbonyl (C=O) groups excluding carboxylic acids is 2. The number of ether oxygens (including phenoxy) is 1. The number of aryl methyl sites for hydroxylation is 1. The van der Waals surface area contributed by atoms with Crippen LogP contribution in [0.15, 0.2) is 65.6 Å². The molecule has 5 heteroatoms. The molecule has 0 amide bonds. The maximum Gasteiger partial charge on any atom is 0.330 e. The molecular weight excluding hydrogens is 346 g/mol. The van der Waals surface area contributed by atoms with E-state index in [4.69, 9.17) is 10.00 Å². The second-order valence-electron chi connectivity index (χ2n) is 5.38. The van der Waals surface area contributed by atoms with E-state index in [1.807, 2.05) is 24.3 Å². The Hall–Kier alpha value is -2.84. The van der Waals surface area contributed by atoms with E-state index < -0.39 is 0 Å². The zero-order valence-electron chi connectivity index (χ0n) is 14.5. The van der Waals surface area contributed by atoms with Crippen molar-refractivity contribution in [1.82, 2.24) is 0 Å². The normalized spacial score (nSPS) is 10.5. The van der Waals surface area contributed by atoms with Crippen molar-refractivity contribution in [3.63, 3.8) is 0 Å². The van der Waals surface area contributed by atoms with Gasteiger partial charge in [-0.25, -0.2) is 4.79 Å². The van der Waals surface area contributed by atoms with Gasteiger partial charge in [-0.1, -0.05) is 30.3 Å². The number of nitriles is 1. The molecular formula is C21H19NO3S. The summed E-state index contributed by atoms with van der Waals surface area (Å²) in [6, 6.07) is 16.5. The molecule has 0 radical (unpaired) electrons. The molecule has 0 aliphatic heterocycles. The lowest BCUT2D eigenvalue weighted by molar-refractivity contribution is -0.137. The monoisotopic (exact) mass is 365 g/mol. The number of rotatable bonds is 7. The first-order valence-corrected chi connectivity index (χ1v) is 9.09. The van der Waals surface area contributed by atoms with Crippen molar-refractivity contribution in [3.8, 4) is 6.07 Å². The summed E-state index contributed by atoms with van der Waals surface area (Å²) in [6.07, 6.45) is 4.48. The predicted molar refractivity (Wildman–Crippen MR) is 102 cm³/mol. The van der Waals surface area contributed by atoms with Gasteiger partial charge in [-0.05, 0) is 61.4 Å². The molecule has 0 atom stereocenters. The van der Waals surface area contributed by atoms with Gasteiger partial charge in [0.1, 0.15) is 0 Å². The third-order valence-corrected chi connectivity index (χ3v) is 4.47. The van der Waals surface area contributed by atoms with Gasteiger partial charge in [0.2, 0.25) is 5.12 Å². The number of thioether (sulfide) groups is 1. The molecule has 0 spiro atoms. The van der Waals surface area contributed by atoms with Crippen molar-refractivity contribution >= 4 is 22.8 Å². The van der Waals surface area contributed by atoms with Gasteiger partial charge in [-0.2, -0.15) is 5.26 Å². The number of hydrogen-bond acceptors (Lipinski definition) is 5. The van der Waals surface area contributed by atoms with Gasteiger partial charge in [-0.15, -0.1) is 0 Å². The second-order valence-corrected chi connectivity index (χ2v) is 6.42. The molecule has 26 heavy (non-hydrogen) atoms. The first-order valence-electron chi connectivity index (χ1n) is 8.27. The van der Waals surface area contributed by atoms with E-state index in [0.29, 0.717) is 30.6 Å². The Bertz CT molecular complexity index is 835. The van der Waals surface area contributed by atoms with Crippen molar-refractivity contribution in [2.45, 2.75) is 24.7 Å². The van der Waals surface area contributed by atoms with Crippen molar-refractivity contribution < 1.29 is 14.3 Å². The highest BCUT2D eigenvalue weighted by Gasteiger charge is 2.12. The van der Waals surface area contributed by atoms with E-state index in [0.717, 1.165) is 22.2 Å². The van der Waals surface area contributed by atoms with E-state index in [1.54, 1.807) is 37.3 Å². The molecule has 0 aliphatic rings. The average Bonchev–Trinajstić information content (AvgIpc) is 2.66. The quantitative estimate of drug-likeness (QED) is 0.409. The molecule has 2 aromatic rings. The van der Waals surface area contributed by atoms with E-state index in [-0.39, 0.29) is 11.1 Å². The van der Waals surface area contributed by atoms with Crippen LogP contribution in [-0.4, -0.2) is 17.7 Å². The Morgan fingerprint density at radius 1 is 1.15 bits per heavy atom. The van der Waals surface area contributed by atoms with Gasteiger partial charge in [0.25, 0.3) is 0 Å². The van der Waals surface area contributed by atoms with Gasteiger partial charge < -0.3 is 4.74 Å².